The van der Waals surface area contributed by atoms with Crippen LogP contribution < -0.4 is 0 Å². The fourth-order valence-corrected chi connectivity index (χ4v) is 0.632. The van der Waals surface area contributed by atoms with Gasteiger partial charge >= 0.3 is 0 Å². The van der Waals surface area contributed by atoms with Crippen LogP contribution in [0.1, 0.15) is 26.6 Å². The van der Waals surface area contributed by atoms with Gasteiger partial charge in [0, 0.05) is 5.41 Å². The van der Waals surface area contributed by atoms with Gasteiger partial charge in [-0.3, -0.25) is 0 Å². The van der Waals surface area contributed by atoms with Crippen LogP contribution in [0.3, 0.4) is 0 Å². The molecule has 0 aliphatic rings. The van der Waals surface area contributed by atoms with Crippen molar-refractivity contribution in [1.82, 2.24) is 19.6 Å². The van der Waals surface area contributed by atoms with Crippen LogP contribution in [0.2, 0.25) is 0 Å². The van der Waals surface area contributed by atoms with Gasteiger partial charge in [0.1, 0.15) is 0 Å². The molecule has 56 valence electrons. The Morgan fingerprint density at radius 1 is 1.40 bits per heavy atom. The first-order valence-electron chi connectivity index (χ1n) is 3.00. The highest BCUT2D eigenvalue weighted by molar-refractivity contribution is 7.78. The van der Waals surface area contributed by atoms with E-state index in [1.807, 2.05) is 20.8 Å². The van der Waals surface area contributed by atoms with Crippen molar-refractivity contribution in [3.05, 3.63) is 5.82 Å². The van der Waals surface area contributed by atoms with E-state index in [1.165, 1.54) is 4.20 Å². The molecule has 0 fully saturated rings. The lowest BCUT2D eigenvalue weighted by molar-refractivity contribution is 0.545. The van der Waals surface area contributed by atoms with Crippen molar-refractivity contribution >= 4 is 12.8 Å². The molecular weight excluding hydrogens is 148 g/mol. The molecule has 0 aliphatic carbocycles. The SMILES string of the molecule is CC(C)(C)c1nnn(S)n1. The molecule has 0 spiro atoms. The molecule has 0 amide bonds. The largest absolute Gasteiger partial charge is 0.181 e. The number of tetrazole rings is 1. The molecule has 0 N–H and O–H groups in total. The zero-order valence-electron chi connectivity index (χ0n) is 6.24. The van der Waals surface area contributed by atoms with Gasteiger partial charge in [0.15, 0.2) is 5.82 Å². The van der Waals surface area contributed by atoms with Gasteiger partial charge in [0.25, 0.3) is 0 Å². The summed E-state index contributed by atoms with van der Waals surface area (Å²) in [5.74, 6) is 0.711. The number of aromatic nitrogens is 4. The van der Waals surface area contributed by atoms with Crippen molar-refractivity contribution in [1.29, 1.82) is 0 Å². The lowest BCUT2D eigenvalue weighted by Crippen LogP contribution is -2.13. The molecule has 4 nitrogen and oxygen atoms in total. The summed E-state index contributed by atoms with van der Waals surface area (Å²) in [5, 5.41) is 11.4. The van der Waals surface area contributed by atoms with E-state index < -0.39 is 0 Å². The first-order valence-corrected chi connectivity index (χ1v) is 3.40. The highest BCUT2D eigenvalue weighted by Gasteiger charge is 2.18. The second-order valence-electron chi connectivity index (χ2n) is 3.13. The van der Waals surface area contributed by atoms with Crippen LogP contribution in [0, 0.1) is 0 Å². The first kappa shape index (κ1) is 7.53. The summed E-state index contributed by atoms with van der Waals surface area (Å²) in [6.07, 6.45) is 0. The maximum absolute atomic E-state index is 3.94. The van der Waals surface area contributed by atoms with Crippen molar-refractivity contribution in [3.8, 4) is 0 Å². The second kappa shape index (κ2) is 2.23. The Balaban J connectivity index is 2.96. The Bertz CT molecular complexity index is 224. The second-order valence-corrected chi connectivity index (χ2v) is 3.49. The van der Waals surface area contributed by atoms with E-state index in [0.717, 1.165) is 0 Å². The topological polar surface area (TPSA) is 43.6 Å². The number of nitrogens with zero attached hydrogens (tertiary/aromatic N) is 4. The molecule has 1 aromatic heterocycles. The standard InChI is InChI=1S/C5H10N4S/c1-5(2,3)4-6-8-9(10)7-4/h10H,1-3H3. The van der Waals surface area contributed by atoms with Crippen molar-refractivity contribution in [2.45, 2.75) is 26.2 Å². The van der Waals surface area contributed by atoms with Gasteiger partial charge in [-0.15, -0.1) is 14.4 Å². The van der Waals surface area contributed by atoms with Gasteiger partial charge < -0.3 is 0 Å². The first-order chi connectivity index (χ1) is 4.50. The normalized spacial score (nSPS) is 12.0. The average Bonchev–Trinajstić information content (AvgIpc) is 2.11. The van der Waals surface area contributed by atoms with E-state index in [0.29, 0.717) is 5.82 Å². The highest BCUT2D eigenvalue weighted by Crippen LogP contribution is 2.15. The van der Waals surface area contributed by atoms with Gasteiger partial charge in [-0.25, -0.2) is 0 Å². The maximum atomic E-state index is 3.94. The molecule has 0 unspecified atom stereocenters. The van der Waals surface area contributed by atoms with Crippen molar-refractivity contribution in [3.63, 3.8) is 0 Å². The third-order valence-electron chi connectivity index (χ3n) is 1.07. The van der Waals surface area contributed by atoms with E-state index in [1.54, 1.807) is 0 Å². The van der Waals surface area contributed by atoms with Crippen molar-refractivity contribution in [2.24, 2.45) is 0 Å². The quantitative estimate of drug-likeness (QED) is 0.564. The van der Waals surface area contributed by atoms with Crippen LogP contribution in [-0.2, 0) is 5.41 Å². The smallest absolute Gasteiger partial charge is 0.125 e. The minimum atomic E-state index is -0.0407. The van der Waals surface area contributed by atoms with Gasteiger partial charge in [0.2, 0.25) is 0 Å². The molecule has 0 radical (unpaired) electrons. The Kier molecular flexibility index (Phi) is 1.68. The Hall–Kier alpha value is -0.580. The fraction of sp³-hybridized carbons (Fsp3) is 0.800. The molecule has 0 saturated heterocycles. The Morgan fingerprint density at radius 3 is 2.20 bits per heavy atom. The van der Waals surface area contributed by atoms with E-state index >= 15 is 0 Å². The predicted molar refractivity (Wildman–Crippen MR) is 40.9 cm³/mol. The minimum Gasteiger partial charge on any atom is -0.125 e. The van der Waals surface area contributed by atoms with Crippen LogP contribution in [0.15, 0.2) is 0 Å². The molecule has 5 heteroatoms. The van der Waals surface area contributed by atoms with Gasteiger partial charge in [-0.2, -0.15) is 0 Å². The summed E-state index contributed by atoms with van der Waals surface area (Å²) in [5.41, 5.74) is -0.0407. The van der Waals surface area contributed by atoms with E-state index in [4.69, 9.17) is 0 Å². The molecule has 0 bridgehead atoms. The van der Waals surface area contributed by atoms with E-state index in [9.17, 15) is 0 Å². The number of hydrogen-bond donors (Lipinski definition) is 1. The summed E-state index contributed by atoms with van der Waals surface area (Å²) < 4.78 is 1.17. The molecule has 0 aliphatic heterocycles. The molecule has 10 heavy (non-hydrogen) atoms. The average molecular weight is 158 g/mol. The molecule has 1 heterocycles. The summed E-state index contributed by atoms with van der Waals surface area (Å²) >= 11 is 3.87. The van der Waals surface area contributed by atoms with E-state index in [2.05, 4.69) is 28.2 Å². The number of thiol groups is 1. The lowest BCUT2D eigenvalue weighted by atomic mass is 9.96. The van der Waals surface area contributed by atoms with Crippen LogP contribution in [0.5, 0.6) is 0 Å². The third-order valence-corrected chi connectivity index (χ3v) is 1.24. The van der Waals surface area contributed by atoms with Crippen LogP contribution in [-0.4, -0.2) is 19.6 Å². The molecule has 0 atom stereocenters. The minimum absolute atomic E-state index is 0.0407. The summed E-state index contributed by atoms with van der Waals surface area (Å²) in [7, 11) is 0. The molecule has 0 saturated carbocycles. The van der Waals surface area contributed by atoms with Gasteiger partial charge in [-0.05, 0) is 18.0 Å². The Labute approximate surface area is 65.2 Å². The molecule has 1 aromatic rings. The fourth-order valence-electron chi connectivity index (χ4n) is 0.507. The third kappa shape index (κ3) is 1.47. The zero-order chi connectivity index (χ0) is 7.78. The van der Waals surface area contributed by atoms with Gasteiger partial charge in [0.05, 0.1) is 0 Å². The summed E-state index contributed by atoms with van der Waals surface area (Å²) in [4.78, 5) is 0. The summed E-state index contributed by atoms with van der Waals surface area (Å²) in [6, 6.07) is 0. The lowest BCUT2D eigenvalue weighted by Gasteiger charge is -2.10. The van der Waals surface area contributed by atoms with Crippen LogP contribution in [0.25, 0.3) is 0 Å². The van der Waals surface area contributed by atoms with Crippen LogP contribution >= 0.6 is 12.8 Å². The van der Waals surface area contributed by atoms with Crippen LogP contribution in [0.4, 0.5) is 0 Å². The molecule has 1 rings (SSSR count). The Morgan fingerprint density at radius 2 is 2.00 bits per heavy atom. The number of rotatable bonds is 0. The van der Waals surface area contributed by atoms with Gasteiger partial charge in [-0.1, -0.05) is 20.8 Å². The number of hydrogen-bond acceptors (Lipinski definition) is 4. The monoisotopic (exact) mass is 158 g/mol. The molecular formula is C5H10N4S. The van der Waals surface area contributed by atoms with E-state index in [-0.39, 0.29) is 5.41 Å². The summed E-state index contributed by atoms with van der Waals surface area (Å²) in [6.45, 7) is 6.08. The zero-order valence-corrected chi connectivity index (χ0v) is 7.13. The molecule has 0 aromatic carbocycles. The van der Waals surface area contributed by atoms with Crippen molar-refractivity contribution in [2.75, 3.05) is 0 Å². The highest BCUT2D eigenvalue weighted by atomic mass is 32.1. The maximum Gasteiger partial charge on any atom is 0.181 e. The van der Waals surface area contributed by atoms with Crippen molar-refractivity contribution < 1.29 is 0 Å². The predicted octanol–water partition coefficient (Wildman–Crippen LogP) is 0.663.